The van der Waals surface area contributed by atoms with E-state index >= 15 is 0 Å². The molecule has 1 aliphatic heterocycles. The molecule has 0 spiro atoms. The minimum atomic E-state index is 0.330. The van der Waals surface area contributed by atoms with E-state index in [2.05, 4.69) is 82.4 Å². The number of terminal acetylenes is 1. The highest BCUT2D eigenvalue weighted by molar-refractivity contribution is 5.15. The highest BCUT2D eigenvalue weighted by atomic mass is 15.2. The molecule has 0 N–H and O–H groups in total. The van der Waals surface area contributed by atoms with Crippen LogP contribution in [0.3, 0.4) is 0 Å². The molecule has 1 aromatic carbocycles. The Hall–Kier alpha value is -1.68. The van der Waals surface area contributed by atoms with E-state index in [0.29, 0.717) is 11.5 Å². The fourth-order valence-electron chi connectivity index (χ4n) is 3.78. The molecule has 2 atom stereocenters. The molecule has 0 saturated carbocycles. The van der Waals surface area contributed by atoms with Crippen molar-refractivity contribution in [2.75, 3.05) is 6.54 Å². The second-order valence-corrected chi connectivity index (χ2v) is 8.14. The van der Waals surface area contributed by atoms with Gasteiger partial charge in [0.25, 0.3) is 0 Å². The molecule has 1 fully saturated rings. The maximum Gasteiger partial charge on any atom is 0.0286 e. The minimum Gasteiger partial charge on any atom is -0.372 e. The molecular formula is C25H41N. The van der Waals surface area contributed by atoms with Crippen molar-refractivity contribution >= 4 is 0 Å². The van der Waals surface area contributed by atoms with Gasteiger partial charge in [0.2, 0.25) is 0 Å². The summed E-state index contributed by atoms with van der Waals surface area (Å²) >= 11 is 0. The predicted octanol–water partition coefficient (Wildman–Crippen LogP) is 6.95. The van der Waals surface area contributed by atoms with Crippen LogP contribution in [0.2, 0.25) is 0 Å². The molecule has 1 aliphatic rings. The van der Waals surface area contributed by atoms with Crippen molar-refractivity contribution < 1.29 is 0 Å². The van der Waals surface area contributed by atoms with Crippen LogP contribution in [0.25, 0.3) is 0 Å². The average molecular weight is 356 g/mol. The highest BCUT2D eigenvalue weighted by Gasteiger charge is 2.29. The summed E-state index contributed by atoms with van der Waals surface area (Å²) in [5.41, 5.74) is 3.16. The van der Waals surface area contributed by atoms with Crippen LogP contribution in [0.1, 0.15) is 72.8 Å². The van der Waals surface area contributed by atoms with Gasteiger partial charge in [-0.2, -0.15) is 0 Å². The number of likely N-dealkylation sites (tertiary alicyclic amines) is 1. The zero-order valence-electron chi connectivity index (χ0n) is 18.1. The SMILES string of the molecule is C#C.C=C(CC(C)(C)C)N1CCC(Cc2ccccc2)CC1CC.CC. The van der Waals surface area contributed by atoms with Crippen molar-refractivity contribution in [1.29, 1.82) is 0 Å². The van der Waals surface area contributed by atoms with Crippen molar-refractivity contribution in [1.82, 2.24) is 4.90 Å². The first-order valence-corrected chi connectivity index (χ1v) is 10.2. The summed E-state index contributed by atoms with van der Waals surface area (Å²) in [6.07, 6.45) is 14.2. The van der Waals surface area contributed by atoms with E-state index in [0.717, 1.165) is 12.3 Å². The number of piperidine rings is 1. The Morgan fingerprint density at radius 2 is 1.73 bits per heavy atom. The molecule has 2 unspecified atom stereocenters. The summed E-state index contributed by atoms with van der Waals surface area (Å²) in [7, 11) is 0. The molecule has 26 heavy (non-hydrogen) atoms. The lowest BCUT2D eigenvalue weighted by Crippen LogP contribution is -2.42. The van der Waals surface area contributed by atoms with E-state index in [1.807, 2.05) is 13.8 Å². The Morgan fingerprint density at radius 3 is 2.23 bits per heavy atom. The topological polar surface area (TPSA) is 3.24 Å². The Morgan fingerprint density at radius 1 is 1.15 bits per heavy atom. The second kappa shape index (κ2) is 12.6. The van der Waals surface area contributed by atoms with Gasteiger partial charge < -0.3 is 4.90 Å². The Kier molecular flexibility index (Phi) is 11.8. The first kappa shape index (κ1) is 24.3. The zero-order valence-corrected chi connectivity index (χ0v) is 18.1. The third-order valence-electron chi connectivity index (χ3n) is 4.80. The van der Waals surface area contributed by atoms with Gasteiger partial charge in [-0.1, -0.05) is 78.5 Å². The van der Waals surface area contributed by atoms with Gasteiger partial charge in [0, 0.05) is 18.3 Å². The summed E-state index contributed by atoms with van der Waals surface area (Å²) in [6, 6.07) is 11.6. The predicted molar refractivity (Wildman–Crippen MR) is 118 cm³/mol. The molecular weight excluding hydrogens is 314 g/mol. The molecule has 0 bridgehead atoms. The molecule has 1 saturated heterocycles. The van der Waals surface area contributed by atoms with E-state index in [-0.39, 0.29) is 0 Å². The number of nitrogens with zero attached hydrogens (tertiary/aromatic N) is 1. The third kappa shape index (κ3) is 8.61. The molecule has 0 amide bonds. The molecule has 1 heterocycles. The molecule has 146 valence electrons. The molecule has 0 aromatic heterocycles. The monoisotopic (exact) mass is 355 g/mol. The number of rotatable bonds is 5. The van der Waals surface area contributed by atoms with E-state index < -0.39 is 0 Å². The van der Waals surface area contributed by atoms with Crippen LogP contribution >= 0.6 is 0 Å². The molecule has 1 aromatic rings. The summed E-state index contributed by atoms with van der Waals surface area (Å²) in [5.74, 6) is 0.825. The molecule has 0 aliphatic carbocycles. The summed E-state index contributed by atoms with van der Waals surface area (Å²) in [5, 5.41) is 0. The standard InChI is InChI=1S/C21H33N.C2H6.C2H2/c1-6-20-15-19(14-18-10-8-7-9-11-18)12-13-22(20)17(2)16-21(3,4)5;2*1-2/h7-11,19-20H,2,6,12-16H2,1,3-5H3;1-2H3;1-2H. The van der Waals surface area contributed by atoms with Gasteiger partial charge in [0.1, 0.15) is 0 Å². The third-order valence-corrected chi connectivity index (χ3v) is 4.80. The van der Waals surface area contributed by atoms with Crippen molar-refractivity contribution in [2.24, 2.45) is 11.3 Å². The van der Waals surface area contributed by atoms with Crippen molar-refractivity contribution in [3.8, 4) is 12.8 Å². The van der Waals surface area contributed by atoms with Gasteiger partial charge in [0.15, 0.2) is 0 Å². The van der Waals surface area contributed by atoms with E-state index in [1.54, 1.807) is 0 Å². The van der Waals surface area contributed by atoms with Crippen molar-refractivity contribution in [3.63, 3.8) is 0 Å². The van der Waals surface area contributed by atoms with E-state index in [9.17, 15) is 0 Å². The lowest BCUT2D eigenvalue weighted by atomic mass is 9.83. The lowest BCUT2D eigenvalue weighted by Gasteiger charge is -2.43. The quantitative estimate of drug-likeness (QED) is 0.517. The fraction of sp³-hybridized carbons (Fsp3) is 0.600. The Bertz CT molecular complexity index is 506. The van der Waals surface area contributed by atoms with Gasteiger partial charge >= 0.3 is 0 Å². The van der Waals surface area contributed by atoms with Crippen LogP contribution in [-0.4, -0.2) is 17.5 Å². The van der Waals surface area contributed by atoms with Crippen LogP contribution in [0.5, 0.6) is 0 Å². The fourth-order valence-corrected chi connectivity index (χ4v) is 3.78. The average Bonchev–Trinajstić information content (AvgIpc) is 2.64. The second-order valence-electron chi connectivity index (χ2n) is 8.14. The molecule has 2 rings (SSSR count). The first-order chi connectivity index (χ1) is 12.4. The first-order valence-electron chi connectivity index (χ1n) is 10.2. The molecule has 1 nitrogen and oxygen atoms in total. The Labute approximate surface area is 163 Å². The maximum absolute atomic E-state index is 4.40. The smallest absolute Gasteiger partial charge is 0.0286 e. The van der Waals surface area contributed by atoms with Crippen LogP contribution < -0.4 is 0 Å². The van der Waals surface area contributed by atoms with Crippen molar-refractivity contribution in [3.05, 3.63) is 48.2 Å². The van der Waals surface area contributed by atoms with E-state index in [1.165, 1.54) is 43.5 Å². The summed E-state index contributed by atoms with van der Waals surface area (Å²) in [6.45, 7) is 18.8. The van der Waals surface area contributed by atoms with Crippen molar-refractivity contribution in [2.45, 2.75) is 79.7 Å². The van der Waals surface area contributed by atoms with Gasteiger partial charge in [-0.3, -0.25) is 0 Å². The largest absolute Gasteiger partial charge is 0.372 e. The van der Waals surface area contributed by atoms with Crippen LogP contribution in [0.15, 0.2) is 42.6 Å². The van der Waals surface area contributed by atoms with Crippen LogP contribution in [-0.2, 0) is 6.42 Å². The normalized spacial score (nSPS) is 19.5. The number of hydrogen-bond donors (Lipinski definition) is 0. The van der Waals surface area contributed by atoms with Gasteiger partial charge in [-0.15, -0.1) is 12.8 Å². The minimum absolute atomic E-state index is 0.330. The molecule has 1 heteroatoms. The number of hydrogen-bond acceptors (Lipinski definition) is 1. The number of allylic oxidation sites excluding steroid dienone is 1. The van der Waals surface area contributed by atoms with E-state index in [4.69, 9.17) is 0 Å². The zero-order chi connectivity index (χ0) is 20.2. The Balaban J connectivity index is 0.00000146. The highest BCUT2D eigenvalue weighted by Crippen LogP contribution is 2.33. The number of benzene rings is 1. The van der Waals surface area contributed by atoms with Gasteiger partial charge in [-0.25, -0.2) is 0 Å². The van der Waals surface area contributed by atoms with Gasteiger partial charge in [-0.05, 0) is 49.0 Å². The summed E-state index contributed by atoms with van der Waals surface area (Å²) < 4.78 is 0. The molecule has 0 radical (unpaired) electrons. The van der Waals surface area contributed by atoms with Crippen LogP contribution in [0.4, 0.5) is 0 Å². The van der Waals surface area contributed by atoms with Crippen LogP contribution in [0, 0.1) is 24.2 Å². The van der Waals surface area contributed by atoms with Gasteiger partial charge in [0.05, 0.1) is 0 Å². The lowest BCUT2D eigenvalue weighted by molar-refractivity contribution is 0.133. The maximum atomic E-state index is 4.40. The summed E-state index contributed by atoms with van der Waals surface area (Å²) in [4.78, 5) is 2.60.